The summed E-state index contributed by atoms with van der Waals surface area (Å²) in [7, 11) is 4.00. The number of amides is 1. The Morgan fingerprint density at radius 3 is 2.54 bits per heavy atom. The van der Waals surface area contributed by atoms with E-state index in [0.29, 0.717) is 41.1 Å². The lowest BCUT2D eigenvalue weighted by Crippen LogP contribution is -2.27. The number of hydrogen-bond donors (Lipinski definition) is 2. The Balaban J connectivity index is 1.77. The third-order valence-electron chi connectivity index (χ3n) is 3.67. The second-order valence-electron chi connectivity index (χ2n) is 6.12. The minimum atomic E-state index is -0.164. The van der Waals surface area contributed by atoms with Crippen molar-refractivity contribution < 1.29 is 4.79 Å². The van der Waals surface area contributed by atoms with Gasteiger partial charge in [0.05, 0.1) is 5.56 Å². The molecule has 2 rings (SSSR count). The molecule has 1 heterocycles. The standard InChI is InChI=1S/C18H23Cl2N5O/c1-25(2)9-3-7-21-17(26)14-11-23-18(24-12-14)22-8-6-13-4-5-15(19)10-16(13)20/h4-5,10-12H,3,6-9H2,1-2H3,(H,21,26)(H,22,23,24). The first-order chi connectivity index (χ1) is 12.5. The maximum atomic E-state index is 12.0. The van der Waals surface area contributed by atoms with Crippen molar-refractivity contribution in [3.63, 3.8) is 0 Å². The predicted molar refractivity (Wildman–Crippen MR) is 106 cm³/mol. The van der Waals surface area contributed by atoms with Gasteiger partial charge in [-0.05, 0) is 51.2 Å². The Kier molecular flexibility index (Phi) is 8.09. The molecule has 0 atom stereocenters. The molecule has 0 aliphatic heterocycles. The minimum absolute atomic E-state index is 0.164. The first kappa shape index (κ1) is 20.4. The monoisotopic (exact) mass is 395 g/mol. The van der Waals surface area contributed by atoms with E-state index in [1.54, 1.807) is 6.07 Å². The summed E-state index contributed by atoms with van der Waals surface area (Å²) in [4.78, 5) is 22.4. The smallest absolute Gasteiger partial charge is 0.254 e. The Bertz CT molecular complexity index is 722. The third-order valence-corrected chi connectivity index (χ3v) is 4.26. The third kappa shape index (κ3) is 6.78. The highest BCUT2D eigenvalue weighted by atomic mass is 35.5. The summed E-state index contributed by atoms with van der Waals surface area (Å²) in [6.07, 6.45) is 4.65. The molecular weight excluding hydrogens is 373 g/mol. The maximum absolute atomic E-state index is 12.0. The van der Waals surface area contributed by atoms with Crippen LogP contribution in [-0.4, -0.2) is 54.5 Å². The van der Waals surface area contributed by atoms with E-state index >= 15 is 0 Å². The van der Waals surface area contributed by atoms with Crippen LogP contribution < -0.4 is 10.6 Å². The average molecular weight is 396 g/mol. The predicted octanol–water partition coefficient (Wildman–Crippen LogP) is 3.12. The van der Waals surface area contributed by atoms with Crippen LogP contribution >= 0.6 is 23.2 Å². The summed E-state index contributed by atoms with van der Waals surface area (Å²) in [6.45, 7) is 2.17. The van der Waals surface area contributed by atoms with Crippen molar-refractivity contribution in [3.8, 4) is 0 Å². The van der Waals surface area contributed by atoms with Gasteiger partial charge in [-0.15, -0.1) is 0 Å². The largest absolute Gasteiger partial charge is 0.354 e. The number of carbonyl (C=O) groups is 1. The second kappa shape index (κ2) is 10.3. The highest BCUT2D eigenvalue weighted by Gasteiger charge is 2.07. The van der Waals surface area contributed by atoms with Crippen molar-refractivity contribution in [1.29, 1.82) is 0 Å². The molecule has 0 spiro atoms. The van der Waals surface area contributed by atoms with E-state index in [0.717, 1.165) is 18.5 Å². The summed E-state index contributed by atoms with van der Waals surface area (Å²) >= 11 is 12.0. The minimum Gasteiger partial charge on any atom is -0.354 e. The molecule has 0 aliphatic carbocycles. The fourth-order valence-electron chi connectivity index (χ4n) is 2.27. The van der Waals surface area contributed by atoms with Crippen LogP contribution in [0.1, 0.15) is 22.3 Å². The molecule has 140 valence electrons. The van der Waals surface area contributed by atoms with Crippen molar-refractivity contribution in [2.24, 2.45) is 0 Å². The molecule has 0 aliphatic rings. The number of anilines is 1. The SMILES string of the molecule is CN(C)CCCNC(=O)c1cnc(NCCc2ccc(Cl)cc2Cl)nc1. The lowest BCUT2D eigenvalue weighted by Gasteiger charge is -2.10. The molecule has 0 bridgehead atoms. The normalized spacial score (nSPS) is 10.8. The molecule has 8 heteroatoms. The molecule has 1 aromatic carbocycles. The van der Waals surface area contributed by atoms with Crippen molar-refractivity contribution in [3.05, 3.63) is 51.8 Å². The first-order valence-electron chi connectivity index (χ1n) is 8.38. The molecular formula is C18H23Cl2N5O. The van der Waals surface area contributed by atoms with E-state index in [4.69, 9.17) is 23.2 Å². The zero-order chi connectivity index (χ0) is 18.9. The van der Waals surface area contributed by atoms with E-state index in [9.17, 15) is 4.79 Å². The summed E-state index contributed by atoms with van der Waals surface area (Å²) in [5, 5.41) is 7.23. The summed E-state index contributed by atoms with van der Waals surface area (Å²) in [5.41, 5.74) is 1.44. The zero-order valence-electron chi connectivity index (χ0n) is 14.9. The fourth-order valence-corrected chi connectivity index (χ4v) is 2.77. The Morgan fingerprint density at radius 2 is 1.88 bits per heavy atom. The molecule has 1 aromatic heterocycles. The Morgan fingerprint density at radius 1 is 1.15 bits per heavy atom. The van der Waals surface area contributed by atoms with Crippen molar-refractivity contribution in [1.82, 2.24) is 20.2 Å². The van der Waals surface area contributed by atoms with Crippen molar-refractivity contribution in [2.45, 2.75) is 12.8 Å². The van der Waals surface area contributed by atoms with E-state index < -0.39 is 0 Å². The number of benzene rings is 1. The Labute approximate surface area is 163 Å². The van der Waals surface area contributed by atoms with Gasteiger partial charge < -0.3 is 15.5 Å². The van der Waals surface area contributed by atoms with E-state index in [-0.39, 0.29) is 5.91 Å². The van der Waals surface area contributed by atoms with E-state index in [1.165, 1.54) is 12.4 Å². The molecule has 0 radical (unpaired) electrons. The summed E-state index contributed by atoms with van der Waals surface area (Å²) in [6, 6.07) is 5.43. The highest BCUT2D eigenvalue weighted by Crippen LogP contribution is 2.21. The van der Waals surface area contributed by atoms with Crippen LogP contribution in [0.3, 0.4) is 0 Å². The van der Waals surface area contributed by atoms with Crippen molar-refractivity contribution >= 4 is 35.1 Å². The van der Waals surface area contributed by atoms with Crippen LogP contribution in [0.5, 0.6) is 0 Å². The quantitative estimate of drug-likeness (QED) is 0.638. The van der Waals surface area contributed by atoms with E-state index in [1.807, 2.05) is 26.2 Å². The molecule has 0 fully saturated rings. The van der Waals surface area contributed by atoms with Crippen LogP contribution in [0.15, 0.2) is 30.6 Å². The van der Waals surface area contributed by atoms with Crippen LogP contribution in [0, 0.1) is 0 Å². The molecule has 26 heavy (non-hydrogen) atoms. The summed E-state index contributed by atoms with van der Waals surface area (Å²) in [5.74, 6) is 0.308. The van der Waals surface area contributed by atoms with Crippen LogP contribution in [0.2, 0.25) is 10.0 Å². The van der Waals surface area contributed by atoms with Crippen LogP contribution in [-0.2, 0) is 6.42 Å². The summed E-state index contributed by atoms with van der Waals surface area (Å²) < 4.78 is 0. The van der Waals surface area contributed by atoms with Gasteiger partial charge in [-0.2, -0.15) is 0 Å². The molecule has 0 saturated carbocycles. The van der Waals surface area contributed by atoms with Gasteiger partial charge in [0.1, 0.15) is 0 Å². The van der Waals surface area contributed by atoms with Crippen LogP contribution in [0.25, 0.3) is 0 Å². The van der Waals surface area contributed by atoms with Crippen LogP contribution in [0.4, 0.5) is 5.95 Å². The number of hydrogen-bond acceptors (Lipinski definition) is 5. The topological polar surface area (TPSA) is 70.2 Å². The van der Waals surface area contributed by atoms with Gasteiger partial charge in [-0.25, -0.2) is 9.97 Å². The molecule has 2 N–H and O–H groups in total. The highest BCUT2D eigenvalue weighted by molar-refractivity contribution is 6.35. The number of nitrogens with zero attached hydrogens (tertiary/aromatic N) is 3. The molecule has 2 aromatic rings. The number of nitrogens with one attached hydrogen (secondary N) is 2. The molecule has 6 nitrogen and oxygen atoms in total. The van der Waals surface area contributed by atoms with Gasteiger partial charge in [-0.3, -0.25) is 4.79 Å². The van der Waals surface area contributed by atoms with Gasteiger partial charge in [0.25, 0.3) is 5.91 Å². The molecule has 0 unspecified atom stereocenters. The number of aromatic nitrogens is 2. The number of carbonyl (C=O) groups excluding carboxylic acids is 1. The van der Waals surface area contributed by atoms with Crippen molar-refractivity contribution in [2.75, 3.05) is 39.0 Å². The number of rotatable bonds is 9. The maximum Gasteiger partial charge on any atom is 0.254 e. The molecule has 0 saturated heterocycles. The molecule has 1 amide bonds. The lowest BCUT2D eigenvalue weighted by atomic mass is 10.1. The van der Waals surface area contributed by atoms with Gasteiger partial charge in [-0.1, -0.05) is 29.3 Å². The van der Waals surface area contributed by atoms with Gasteiger partial charge in [0.2, 0.25) is 5.95 Å². The lowest BCUT2D eigenvalue weighted by molar-refractivity contribution is 0.0951. The number of halogens is 2. The Hall–Kier alpha value is -1.89. The van der Waals surface area contributed by atoms with Gasteiger partial charge in [0.15, 0.2) is 0 Å². The van der Waals surface area contributed by atoms with Gasteiger partial charge >= 0.3 is 0 Å². The fraction of sp³-hybridized carbons (Fsp3) is 0.389. The van der Waals surface area contributed by atoms with Gasteiger partial charge in [0, 0.05) is 35.5 Å². The second-order valence-corrected chi connectivity index (χ2v) is 6.96. The zero-order valence-corrected chi connectivity index (χ0v) is 16.4. The van der Waals surface area contributed by atoms with E-state index in [2.05, 4.69) is 25.5 Å². The first-order valence-corrected chi connectivity index (χ1v) is 9.14. The average Bonchev–Trinajstić information content (AvgIpc) is 2.61.